The van der Waals surface area contributed by atoms with Crippen LogP contribution in [-0.4, -0.2) is 38.5 Å². The monoisotopic (exact) mass is 441 g/mol. The van der Waals surface area contributed by atoms with Gasteiger partial charge in [-0.3, -0.25) is 13.9 Å². The third-order valence-electron chi connectivity index (χ3n) is 6.79. The second-order valence-corrected chi connectivity index (χ2v) is 8.85. The van der Waals surface area contributed by atoms with Gasteiger partial charge in [-0.1, -0.05) is 0 Å². The number of amides is 1. The number of benzene rings is 1. The molecule has 2 N–H and O–H groups in total. The first-order chi connectivity index (χ1) is 15.2. The molecule has 1 saturated carbocycles. The van der Waals surface area contributed by atoms with E-state index in [0.29, 0.717) is 30.5 Å². The van der Waals surface area contributed by atoms with E-state index in [4.69, 9.17) is 5.73 Å². The summed E-state index contributed by atoms with van der Waals surface area (Å²) < 4.78 is 30.2. The van der Waals surface area contributed by atoms with E-state index in [0.717, 1.165) is 35.4 Å². The molecule has 2 aliphatic rings. The summed E-state index contributed by atoms with van der Waals surface area (Å²) in [5.41, 5.74) is 8.88. The van der Waals surface area contributed by atoms with Crippen LogP contribution in [0.15, 0.2) is 35.3 Å². The molecule has 0 atom stereocenters. The smallest absolute Gasteiger partial charge is 0.329 e. The zero-order valence-corrected chi connectivity index (χ0v) is 17.9. The first kappa shape index (κ1) is 20.7. The summed E-state index contributed by atoms with van der Waals surface area (Å²) in [5.74, 6) is -2.23. The van der Waals surface area contributed by atoms with E-state index in [2.05, 4.69) is 9.88 Å². The standard InChI is InChI=1S/C23H25F2N5O2/c1-28-18-3-2-15(20(26)31)11-19(18)30(22(28)32)13-14-10-16-6-9-29(21(16)27-12-14)17-4-7-23(24,25)8-5-17/h2-3,10-12,17H,4-9,13H2,1H3,(H2,26,31). The van der Waals surface area contributed by atoms with Gasteiger partial charge < -0.3 is 10.6 Å². The number of nitrogens with two attached hydrogens (primary N) is 1. The van der Waals surface area contributed by atoms with Crippen LogP contribution in [0.1, 0.15) is 47.2 Å². The van der Waals surface area contributed by atoms with Crippen LogP contribution >= 0.6 is 0 Å². The van der Waals surface area contributed by atoms with Crippen molar-refractivity contribution < 1.29 is 13.6 Å². The Hall–Kier alpha value is -3.23. The van der Waals surface area contributed by atoms with Crippen LogP contribution in [0.3, 0.4) is 0 Å². The van der Waals surface area contributed by atoms with Crippen LogP contribution in [0, 0.1) is 0 Å². The Kier molecular flexibility index (Phi) is 4.79. The molecule has 3 aromatic rings. The summed E-state index contributed by atoms with van der Waals surface area (Å²) in [7, 11) is 1.69. The summed E-state index contributed by atoms with van der Waals surface area (Å²) in [5, 5.41) is 0. The molecule has 2 aromatic heterocycles. The molecule has 1 amide bonds. The Morgan fingerprint density at radius 1 is 1.22 bits per heavy atom. The van der Waals surface area contributed by atoms with Crippen LogP contribution in [0.2, 0.25) is 0 Å². The summed E-state index contributed by atoms with van der Waals surface area (Å²) in [6.45, 7) is 1.09. The Morgan fingerprint density at radius 2 is 1.97 bits per heavy atom. The Balaban J connectivity index is 1.43. The summed E-state index contributed by atoms with van der Waals surface area (Å²) >= 11 is 0. The number of hydrogen-bond acceptors (Lipinski definition) is 4. The van der Waals surface area contributed by atoms with Crippen molar-refractivity contribution in [1.82, 2.24) is 14.1 Å². The fourth-order valence-corrected chi connectivity index (χ4v) is 5.02. The lowest BCUT2D eigenvalue weighted by atomic mass is 9.91. The highest BCUT2D eigenvalue weighted by Crippen LogP contribution is 2.38. The quantitative estimate of drug-likeness (QED) is 0.675. The molecule has 0 radical (unpaired) electrons. The number of aryl methyl sites for hydroxylation is 1. The number of halogens is 2. The third kappa shape index (κ3) is 3.45. The molecule has 1 aromatic carbocycles. The minimum Gasteiger partial charge on any atom is -0.366 e. The Bertz CT molecular complexity index is 1270. The number of carbonyl (C=O) groups excluding carboxylic acids is 1. The van der Waals surface area contributed by atoms with Crippen molar-refractivity contribution in [2.24, 2.45) is 12.8 Å². The molecule has 0 spiro atoms. The van der Waals surface area contributed by atoms with Gasteiger partial charge in [-0.05, 0) is 54.7 Å². The van der Waals surface area contributed by atoms with Crippen molar-refractivity contribution in [2.45, 2.75) is 50.6 Å². The van der Waals surface area contributed by atoms with E-state index >= 15 is 0 Å². The number of primary amides is 1. The lowest BCUT2D eigenvalue weighted by Crippen LogP contribution is -2.40. The summed E-state index contributed by atoms with van der Waals surface area (Å²) in [6.07, 6.45) is 3.36. The lowest BCUT2D eigenvalue weighted by Gasteiger charge is -2.35. The molecule has 9 heteroatoms. The fraction of sp³-hybridized carbons (Fsp3) is 0.435. The zero-order valence-electron chi connectivity index (χ0n) is 17.9. The van der Waals surface area contributed by atoms with Crippen LogP contribution in [0.5, 0.6) is 0 Å². The van der Waals surface area contributed by atoms with Crippen molar-refractivity contribution >= 4 is 22.8 Å². The van der Waals surface area contributed by atoms with Crippen molar-refractivity contribution in [3.05, 3.63) is 57.6 Å². The van der Waals surface area contributed by atoms with Gasteiger partial charge in [0, 0.05) is 44.2 Å². The van der Waals surface area contributed by atoms with Crippen molar-refractivity contribution in [1.29, 1.82) is 0 Å². The van der Waals surface area contributed by atoms with E-state index in [9.17, 15) is 18.4 Å². The number of aromatic nitrogens is 3. The predicted molar refractivity (Wildman–Crippen MR) is 117 cm³/mol. The number of alkyl halides is 2. The molecule has 0 saturated heterocycles. The highest BCUT2D eigenvalue weighted by Gasteiger charge is 2.38. The molecule has 3 heterocycles. The molecular weight excluding hydrogens is 416 g/mol. The molecule has 1 aliphatic carbocycles. The summed E-state index contributed by atoms with van der Waals surface area (Å²) in [6, 6.07) is 7.12. The minimum absolute atomic E-state index is 0.0706. The van der Waals surface area contributed by atoms with Gasteiger partial charge in [0.1, 0.15) is 5.82 Å². The largest absolute Gasteiger partial charge is 0.366 e. The molecule has 5 rings (SSSR count). The first-order valence-electron chi connectivity index (χ1n) is 10.8. The van der Waals surface area contributed by atoms with Crippen molar-refractivity contribution in [3.63, 3.8) is 0 Å². The summed E-state index contributed by atoms with van der Waals surface area (Å²) in [4.78, 5) is 31.3. The van der Waals surface area contributed by atoms with Gasteiger partial charge in [-0.15, -0.1) is 0 Å². The van der Waals surface area contributed by atoms with Gasteiger partial charge in [0.05, 0.1) is 17.6 Å². The molecule has 32 heavy (non-hydrogen) atoms. The highest BCUT2D eigenvalue weighted by atomic mass is 19.3. The maximum Gasteiger partial charge on any atom is 0.329 e. The van der Waals surface area contributed by atoms with E-state index in [1.807, 2.05) is 6.07 Å². The Labute approximate surface area is 183 Å². The second-order valence-electron chi connectivity index (χ2n) is 8.85. The highest BCUT2D eigenvalue weighted by molar-refractivity contribution is 5.96. The van der Waals surface area contributed by atoms with Gasteiger partial charge in [0.2, 0.25) is 11.8 Å². The zero-order chi connectivity index (χ0) is 22.6. The number of anilines is 1. The molecule has 1 fully saturated rings. The van der Waals surface area contributed by atoms with E-state index in [-0.39, 0.29) is 24.6 Å². The number of pyridine rings is 1. The maximum absolute atomic E-state index is 13.5. The molecule has 0 unspecified atom stereocenters. The first-order valence-corrected chi connectivity index (χ1v) is 10.8. The van der Waals surface area contributed by atoms with Crippen LogP contribution in [0.4, 0.5) is 14.6 Å². The van der Waals surface area contributed by atoms with Crippen molar-refractivity contribution in [2.75, 3.05) is 11.4 Å². The van der Waals surface area contributed by atoms with Crippen LogP contribution in [-0.2, 0) is 20.0 Å². The van der Waals surface area contributed by atoms with Gasteiger partial charge >= 0.3 is 5.69 Å². The van der Waals surface area contributed by atoms with E-state index in [1.165, 1.54) is 0 Å². The predicted octanol–water partition coefficient (Wildman–Crippen LogP) is 2.82. The van der Waals surface area contributed by atoms with E-state index in [1.54, 1.807) is 40.6 Å². The molecule has 1 aliphatic heterocycles. The molecular formula is C23H25F2N5O2. The minimum atomic E-state index is -2.55. The molecule has 168 valence electrons. The Morgan fingerprint density at radius 3 is 2.69 bits per heavy atom. The number of fused-ring (bicyclic) bond motifs is 2. The topological polar surface area (TPSA) is 86.2 Å². The van der Waals surface area contributed by atoms with Gasteiger partial charge in [-0.2, -0.15) is 0 Å². The third-order valence-corrected chi connectivity index (χ3v) is 6.79. The maximum atomic E-state index is 13.5. The van der Waals surface area contributed by atoms with Gasteiger partial charge in [0.15, 0.2) is 0 Å². The number of rotatable bonds is 4. The SMILES string of the molecule is Cn1c(=O)n(Cc2cnc3c(c2)CCN3C2CCC(F)(F)CC2)c2cc(C(N)=O)ccc21. The number of hydrogen-bond donors (Lipinski definition) is 1. The second kappa shape index (κ2) is 7.43. The van der Waals surface area contributed by atoms with Gasteiger partial charge in [-0.25, -0.2) is 18.6 Å². The number of imidazole rings is 1. The average Bonchev–Trinajstić information content (AvgIpc) is 3.28. The number of carbonyl (C=O) groups is 1. The van der Waals surface area contributed by atoms with Crippen molar-refractivity contribution in [3.8, 4) is 0 Å². The lowest BCUT2D eigenvalue weighted by molar-refractivity contribution is -0.0380. The normalized spacial score (nSPS) is 18.3. The van der Waals surface area contributed by atoms with Gasteiger partial charge in [0.25, 0.3) is 0 Å². The van der Waals surface area contributed by atoms with Crippen LogP contribution < -0.4 is 16.3 Å². The average molecular weight is 441 g/mol. The molecule has 7 nitrogen and oxygen atoms in total. The molecule has 0 bridgehead atoms. The van der Waals surface area contributed by atoms with Crippen LogP contribution in [0.25, 0.3) is 11.0 Å². The van der Waals surface area contributed by atoms with E-state index < -0.39 is 11.8 Å². The fourth-order valence-electron chi connectivity index (χ4n) is 5.02. The number of nitrogens with zero attached hydrogens (tertiary/aromatic N) is 4.